The molecule has 0 radical (unpaired) electrons. The lowest BCUT2D eigenvalue weighted by molar-refractivity contribution is 0.0697. The minimum absolute atomic E-state index is 0.154. The average molecular weight is 389 g/mol. The van der Waals surface area contributed by atoms with Crippen LogP contribution in [-0.4, -0.2) is 17.7 Å². The van der Waals surface area contributed by atoms with Crippen LogP contribution in [-0.2, 0) is 6.54 Å². The van der Waals surface area contributed by atoms with Crippen molar-refractivity contribution in [3.8, 4) is 5.75 Å². The molecule has 2 aromatic carbocycles. The van der Waals surface area contributed by atoms with Gasteiger partial charge in [0.2, 0.25) is 0 Å². The zero-order chi connectivity index (χ0) is 17.7. The highest BCUT2D eigenvalue weighted by Crippen LogP contribution is 2.34. The van der Waals surface area contributed by atoms with Gasteiger partial charge in [-0.2, -0.15) is 0 Å². The van der Waals surface area contributed by atoms with E-state index in [9.17, 15) is 4.79 Å². The molecule has 24 heavy (non-hydrogen) atoms. The van der Waals surface area contributed by atoms with Gasteiger partial charge in [0.25, 0.3) is 0 Å². The number of ether oxygens (including phenoxy) is 1. The Balaban J connectivity index is 2.15. The van der Waals surface area contributed by atoms with Crippen molar-refractivity contribution in [2.45, 2.75) is 19.9 Å². The van der Waals surface area contributed by atoms with Crippen LogP contribution in [0.4, 0.5) is 5.69 Å². The van der Waals surface area contributed by atoms with Crippen molar-refractivity contribution >= 4 is 46.5 Å². The summed E-state index contributed by atoms with van der Waals surface area (Å²) in [5, 5.41) is 13.4. The largest absolute Gasteiger partial charge is 0.490 e. The van der Waals surface area contributed by atoms with Crippen LogP contribution in [0.1, 0.15) is 29.3 Å². The van der Waals surface area contributed by atoms with Crippen molar-refractivity contribution in [3.05, 3.63) is 56.5 Å². The molecule has 0 amide bonds. The zero-order valence-corrected chi connectivity index (χ0v) is 15.2. The Morgan fingerprint density at radius 3 is 2.38 bits per heavy atom. The van der Waals surface area contributed by atoms with E-state index in [1.165, 1.54) is 18.2 Å². The number of carboxylic acids is 1. The third kappa shape index (κ3) is 4.69. The Morgan fingerprint density at radius 2 is 1.79 bits per heavy atom. The highest BCUT2D eigenvalue weighted by Gasteiger charge is 2.11. The van der Waals surface area contributed by atoms with Crippen LogP contribution >= 0.6 is 34.8 Å². The van der Waals surface area contributed by atoms with E-state index in [4.69, 9.17) is 44.6 Å². The molecule has 7 heteroatoms. The summed E-state index contributed by atoms with van der Waals surface area (Å²) in [6, 6.07) is 7.96. The van der Waals surface area contributed by atoms with Gasteiger partial charge in [0, 0.05) is 6.54 Å². The van der Waals surface area contributed by atoms with Crippen LogP contribution in [0.25, 0.3) is 0 Å². The Hall–Kier alpha value is -1.62. The van der Waals surface area contributed by atoms with Gasteiger partial charge >= 0.3 is 5.97 Å². The molecule has 0 aliphatic heterocycles. The third-order valence-corrected chi connectivity index (χ3v) is 4.10. The molecule has 0 saturated heterocycles. The molecule has 0 aromatic heterocycles. The second kappa shape index (κ2) is 8.47. The number of halogens is 3. The number of carbonyl (C=O) groups is 1. The van der Waals surface area contributed by atoms with E-state index < -0.39 is 5.97 Å². The number of rotatable bonds is 7. The molecular weight excluding hydrogens is 373 g/mol. The first kappa shape index (κ1) is 18.7. The molecule has 0 saturated carbocycles. The van der Waals surface area contributed by atoms with E-state index in [1.54, 1.807) is 12.1 Å². The molecule has 4 nitrogen and oxygen atoms in total. The normalized spacial score (nSPS) is 10.5. The van der Waals surface area contributed by atoms with Gasteiger partial charge in [-0.25, -0.2) is 4.79 Å². The summed E-state index contributed by atoms with van der Waals surface area (Å²) in [6.07, 6.45) is 0.856. The molecule has 0 fully saturated rings. The SMILES string of the molecule is CCCOc1c(Cl)cc(CNc2cc(C(=O)O)ccc2Cl)cc1Cl. The van der Waals surface area contributed by atoms with Crippen molar-refractivity contribution in [1.82, 2.24) is 0 Å². The number of benzene rings is 2. The third-order valence-electron chi connectivity index (χ3n) is 3.20. The summed E-state index contributed by atoms with van der Waals surface area (Å²) in [6.45, 7) is 2.92. The fraction of sp³-hybridized carbons (Fsp3) is 0.235. The van der Waals surface area contributed by atoms with E-state index in [2.05, 4.69) is 5.32 Å². The van der Waals surface area contributed by atoms with Crippen molar-refractivity contribution in [2.24, 2.45) is 0 Å². The maximum atomic E-state index is 11.0. The Morgan fingerprint density at radius 1 is 1.12 bits per heavy atom. The van der Waals surface area contributed by atoms with E-state index in [0.29, 0.717) is 39.7 Å². The topological polar surface area (TPSA) is 58.6 Å². The second-order valence-corrected chi connectivity index (χ2v) is 6.31. The monoisotopic (exact) mass is 387 g/mol. The van der Waals surface area contributed by atoms with Gasteiger partial charge in [-0.3, -0.25) is 0 Å². The molecule has 0 unspecified atom stereocenters. The van der Waals surface area contributed by atoms with Crippen LogP contribution in [0.2, 0.25) is 15.1 Å². The summed E-state index contributed by atoms with van der Waals surface area (Å²) >= 11 is 18.5. The minimum atomic E-state index is -1.02. The molecule has 0 bridgehead atoms. The van der Waals surface area contributed by atoms with Gasteiger partial charge in [-0.05, 0) is 42.3 Å². The lowest BCUT2D eigenvalue weighted by Crippen LogP contribution is -2.04. The molecule has 128 valence electrons. The van der Waals surface area contributed by atoms with Crippen molar-refractivity contribution in [3.63, 3.8) is 0 Å². The predicted octanol–water partition coefficient (Wildman–Crippen LogP) is 5.75. The molecule has 0 heterocycles. The van der Waals surface area contributed by atoms with E-state index in [-0.39, 0.29) is 5.56 Å². The molecule has 0 spiro atoms. The number of carboxylic acid groups (broad SMARTS) is 1. The number of hydrogen-bond acceptors (Lipinski definition) is 3. The Kier molecular flexibility index (Phi) is 6.60. The molecule has 0 aliphatic rings. The standard InChI is InChI=1S/C17H16Cl3NO3/c1-2-5-24-16-13(19)6-10(7-14(16)20)9-21-15-8-11(17(22)23)3-4-12(15)18/h3-4,6-8,21H,2,5,9H2,1H3,(H,22,23). The molecule has 0 atom stereocenters. The number of aromatic carboxylic acids is 1. The van der Waals surface area contributed by atoms with E-state index in [1.807, 2.05) is 6.92 Å². The highest BCUT2D eigenvalue weighted by atomic mass is 35.5. The van der Waals surface area contributed by atoms with Crippen LogP contribution < -0.4 is 10.1 Å². The number of nitrogens with one attached hydrogen (secondary N) is 1. The molecule has 2 rings (SSSR count). The summed E-state index contributed by atoms with van der Waals surface area (Å²) in [7, 11) is 0. The minimum Gasteiger partial charge on any atom is -0.490 e. The van der Waals surface area contributed by atoms with Crippen LogP contribution in [0.3, 0.4) is 0 Å². The van der Waals surface area contributed by atoms with Gasteiger partial charge in [0.15, 0.2) is 5.75 Å². The van der Waals surface area contributed by atoms with Crippen molar-refractivity contribution in [2.75, 3.05) is 11.9 Å². The molecule has 0 aliphatic carbocycles. The van der Waals surface area contributed by atoms with Crippen LogP contribution in [0.15, 0.2) is 30.3 Å². The van der Waals surface area contributed by atoms with Gasteiger partial charge in [-0.1, -0.05) is 41.7 Å². The summed E-state index contributed by atoms with van der Waals surface area (Å²) < 4.78 is 5.53. The zero-order valence-electron chi connectivity index (χ0n) is 12.9. The first-order valence-corrected chi connectivity index (χ1v) is 8.43. The smallest absolute Gasteiger partial charge is 0.335 e. The fourth-order valence-electron chi connectivity index (χ4n) is 2.05. The van der Waals surface area contributed by atoms with Gasteiger partial charge in [-0.15, -0.1) is 0 Å². The fourth-order valence-corrected chi connectivity index (χ4v) is 2.87. The van der Waals surface area contributed by atoms with Crippen molar-refractivity contribution < 1.29 is 14.6 Å². The van der Waals surface area contributed by atoms with Gasteiger partial charge in [0.1, 0.15) is 0 Å². The number of hydrogen-bond donors (Lipinski definition) is 2. The van der Waals surface area contributed by atoms with Gasteiger partial charge < -0.3 is 15.2 Å². The van der Waals surface area contributed by atoms with Crippen LogP contribution in [0.5, 0.6) is 5.75 Å². The lowest BCUT2D eigenvalue weighted by atomic mass is 10.1. The van der Waals surface area contributed by atoms with E-state index in [0.717, 1.165) is 12.0 Å². The Bertz CT molecular complexity index is 727. The second-order valence-electron chi connectivity index (χ2n) is 5.09. The first-order chi connectivity index (χ1) is 11.4. The van der Waals surface area contributed by atoms with Crippen LogP contribution in [0, 0.1) is 0 Å². The molecule has 2 aromatic rings. The van der Waals surface area contributed by atoms with Crippen molar-refractivity contribution in [1.29, 1.82) is 0 Å². The highest BCUT2D eigenvalue weighted by molar-refractivity contribution is 6.37. The summed E-state index contributed by atoms with van der Waals surface area (Å²) in [4.78, 5) is 11.0. The lowest BCUT2D eigenvalue weighted by Gasteiger charge is -2.13. The molecular formula is C17H16Cl3NO3. The summed E-state index contributed by atoms with van der Waals surface area (Å²) in [5.41, 5.74) is 1.50. The summed E-state index contributed by atoms with van der Waals surface area (Å²) in [5.74, 6) is -0.548. The number of anilines is 1. The maximum absolute atomic E-state index is 11.0. The van der Waals surface area contributed by atoms with E-state index >= 15 is 0 Å². The predicted molar refractivity (Wildman–Crippen MR) is 98.0 cm³/mol. The average Bonchev–Trinajstić information content (AvgIpc) is 2.53. The molecule has 2 N–H and O–H groups in total. The maximum Gasteiger partial charge on any atom is 0.335 e. The Labute approximate surface area is 155 Å². The first-order valence-electron chi connectivity index (χ1n) is 7.29. The van der Waals surface area contributed by atoms with Gasteiger partial charge in [0.05, 0.1) is 32.9 Å². The quantitative estimate of drug-likeness (QED) is 0.634.